The molecule has 1 saturated carbocycles. The summed E-state index contributed by atoms with van der Waals surface area (Å²) in [6, 6.07) is 16.2. The molecule has 1 fully saturated rings. The number of hydrogen-bond donors (Lipinski definition) is 0. The average Bonchev–Trinajstić information content (AvgIpc) is 3.01. The summed E-state index contributed by atoms with van der Waals surface area (Å²) in [6.07, 6.45) is 7.30. The Kier molecular flexibility index (Phi) is 4.52. The van der Waals surface area contributed by atoms with Crippen LogP contribution in [-0.4, -0.2) is 18.9 Å². The fraction of sp³-hybridized carbons (Fsp3) is 0.348. The zero-order chi connectivity index (χ0) is 18.9. The van der Waals surface area contributed by atoms with Crippen molar-refractivity contribution in [2.75, 3.05) is 7.11 Å². The second kappa shape index (κ2) is 6.99. The van der Waals surface area contributed by atoms with E-state index in [4.69, 9.17) is 10.00 Å². The summed E-state index contributed by atoms with van der Waals surface area (Å²) in [7, 11) is 1.78. The van der Waals surface area contributed by atoms with Crippen LogP contribution in [0.4, 0.5) is 0 Å². The standard InChI is InChI=1S/C23H21N3O/c1-27-20-7-9-23(10-8-20)13-19-6-5-18(12-21(19)22(23)26-15-25)17-4-2-3-16(11-17)14-24/h2-6,11-12,20H,7-10,13H2,1H3/b26-22-. The van der Waals surface area contributed by atoms with Gasteiger partial charge in [-0.15, -0.1) is 0 Å². The first-order valence-corrected chi connectivity index (χ1v) is 9.33. The van der Waals surface area contributed by atoms with Gasteiger partial charge in [0.25, 0.3) is 0 Å². The number of rotatable bonds is 2. The summed E-state index contributed by atoms with van der Waals surface area (Å²) in [5.41, 5.74) is 5.96. The van der Waals surface area contributed by atoms with Gasteiger partial charge in [0.2, 0.25) is 6.19 Å². The Morgan fingerprint density at radius 1 is 1.07 bits per heavy atom. The van der Waals surface area contributed by atoms with Crippen LogP contribution in [-0.2, 0) is 11.2 Å². The maximum atomic E-state index is 9.32. The van der Waals surface area contributed by atoms with Gasteiger partial charge in [-0.3, -0.25) is 0 Å². The Labute approximate surface area is 159 Å². The highest BCUT2D eigenvalue weighted by molar-refractivity contribution is 6.10. The van der Waals surface area contributed by atoms with Crippen LogP contribution < -0.4 is 0 Å². The van der Waals surface area contributed by atoms with Crippen LogP contribution in [0.15, 0.2) is 47.5 Å². The molecule has 0 unspecified atom stereocenters. The highest BCUT2D eigenvalue weighted by Crippen LogP contribution is 2.48. The first-order valence-electron chi connectivity index (χ1n) is 9.33. The lowest BCUT2D eigenvalue weighted by Crippen LogP contribution is -2.35. The maximum Gasteiger partial charge on any atom is 0.205 e. The molecule has 134 valence electrons. The summed E-state index contributed by atoms with van der Waals surface area (Å²) in [5, 5.41) is 18.5. The van der Waals surface area contributed by atoms with Crippen molar-refractivity contribution in [2.45, 2.75) is 38.2 Å². The molecule has 4 rings (SSSR count). The van der Waals surface area contributed by atoms with Crippen LogP contribution in [0.1, 0.15) is 42.4 Å². The molecule has 1 spiro atoms. The Hall–Kier alpha value is -2.95. The van der Waals surface area contributed by atoms with E-state index in [-0.39, 0.29) is 5.41 Å². The summed E-state index contributed by atoms with van der Waals surface area (Å²) in [6.45, 7) is 0. The molecule has 0 amide bonds. The zero-order valence-electron chi connectivity index (χ0n) is 15.4. The molecule has 27 heavy (non-hydrogen) atoms. The molecule has 0 N–H and O–H groups in total. The van der Waals surface area contributed by atoms with Crippen LogP contribution in [0.2, 0.25) is 0 Å². The van der Waals surface area contributed by atoms with Gasteiger partial charge in [0.15, 0.2) is 0 Å². The molecule has 2 aromatic rings. The van der Waals surface area contributed by atoms with Crippen molar-refractivity contribution in [3.8, 4) is 23.4 Å². The molecular weight excluding hydrogens is 334 g/mol. The Morgan fingerprint density at radius 3 is 2.56 bits per heavy atom. The van der Waals surface area contributed by atoms with Crippen LogP contribution in [0.25, 0.3) is 11.1 Å². The molecule has 0 radical (unpaired) electrons. The van der Waals surface area contributed by atoms with Crippen molar-refractivity contribution < 1.29 is 4.74 Å². The molecule has 2 aliphatic rings. The third-order valence-corrected chi connectivity index (χ3v) is 6.11. The van der Waals surface area contributed by atoms with Crippen molar-refractivity contribution in [2.24, 2.45) is 10.4 Å². The minimum atomic E-state index is -0.0414. The fourth-order valence-electron chi connectivity index (χ4n) is 4.65. The Bertz CT molecular complexity index is 985. The number of benzene rings is 2. The molecule has 0 aromatic heterocycles. The molecular formula is C23H21N3O. The van der Waals surface area contributed by atoms with Gasteiger partial charge in [-0.1, -0.05) is 24.3 Å². The van der Waals surface area contributed by atoms with Crippen molar-refractivity contribution >= 4 is 5.71 Å². The predicted molar refractivity (Wildman–Crippen MR) is 104 cm³/mol. The lowest BCUT2D eigenvalue weighted by atomic mass is 9.70. The van der Waals surface area contributed by atoms with Gasteiger partial charge in [-0.05, 0) is 67.0 Å². The average molecular weight is 355 g/mol. The smallest absolute Gasteiger partial charge is 0.205 e. The van der Waals surface area contributed by atoms with Crippen LogP contribution in [0.3, 0.4) is 0 Å². The molecule has 0 heterocycles. The lowest BCUT2D eigenvalue weighted by molar-refractivity contribution is 0.0468. The maximum absolute atomic E-state index is 9.32. The quantitative estimate of drug-likeness (QED) is 0.738. The minimum absolute atomic E-state index is 0.0414. The van der Waals surface area contributed by atoms with Crippen molar-refractivity contribution in [1.29, 1.82) is 10.5 Å². The molecule has 0 saturated heterocycles. The molecule has 0 bridgehead atoms. The van der Waals surface area contributed by atoms with Gasteiger partial charge in [0.05, 0.1) is 23.4 Å². The monoisotopic (exact) mass is 355 g/mol. The molecule has 2 aromatic carbocycles. The SMILES string of the molecule is COC1CCC2(CC1)Cc1ccc(-c3cccc(C#N)c3)cc1/C2=N/C#N. The van der Waals surface area contributed by atoms with Gasteiger partial charge in [0.1, 0.15) is 0 Å². The highest BCUT2D eigenvalue weighted by Gasteiger charge is 2.45. The highest BCUT2D eigenvalue weighted by atomic mass is 16.5. The van der Waals surface area contributed by atoms with Crippen LogP contribution in [0.5, 0.6) is 0 Å². The number of hydrogen-bond acceptors (Lipinski definition) is 4. The predicted octanol–water partition coefficient (Wildman–Crippen LogP) is 4.63. The Morgan fingerprint density at radius 2 is 1.85 bits per heavy atom. The van der Waals surface area contributed by atoms with E-state index >= 15 is 0 Å². The lowest BCUT2D eigenvalue weighted by Gasteiger charge is -2.36. The number of methoxy groups -OCH3 is 1. The van der Waals surface area contributed by atoms with E-state index < -0.39 is 0 Å². The van der Waals surface area contributed by atoms with E-state index in [1.54, 1.807) is 7.11 Å². The largest absolute Gasteiger partial charge is 0.381 e. The van der Waals surface area contributed by atoms with Crippen LogP contribution in [0, 0.1) is 28.2 Å². The first-order chi connectivity index (χ1) is 13.2. The van der Waals surface area contributed by atoms with Crippen LogP contribution >= 0.6 is 0 Å². The summed E-state index contributed by atoms with van der Waals surface area (Å²) in [4.78, 5) is 4.29. The summed E-state index contributed by atoms with van der Waals surface area (Å²) < 4.78 is 5.53. The number of ether oxygens (including phenoxy) is 1. The zero-order valence-corrected chi connectivity index (χ0v) is 15.4. The van der Waals surface area contributed by atoms with E-state index in [9.17, 15) is 5.26 Å². The van der Waals surface area contributed by atoms with Gasteiger partial charge < -0.3 is 4.74 Å². The molecule has 4 nitrogen and oxygen atoms in total. The number of nitrogens with zero attached hydrogens (tertiary/aromatic N) is 3. The third-order valence-electron chi connectivity index (χ3n) is 6.11. The van der Waals surface area contributed by atoms with Gasteiger partial charge >= 0.3 is 0 Å². The third kappa shape index (κ3) is 3.03. The topological polar surface area (TPSA) is 69.2 Å². The van der Waals surface area contributed by atoms with Crippen molar-refractivity contribution in [3.63, 3.8) is 0 Å². The number of fused-ring (bicyclic) bond motifs is 1. The normalized spacial score (nSPS) is 25.1. The fourth-order valence-corrected chi connectivity index (χ4v) is 4.65. The minimum Gasteiger partial charge on any atom is -0.381 e. The van der Waals surface area contributed by atoms with E-state index in [0.717, 1.165) is 54.5 Å². The summed E-state index contributed by atoms with van der Waals surface area (Å²) in [5.74, 6) is 0. The molecule has 0 aliphatic heterocycles. The van der Waals surface area contributed by atoms with E-state index in [0.29, 0.717) is 11.7 Å². The number of nitriles is 2. The van der Waals surface area contributed by atoms with Gasteiger partial charge in [-0.2, -0.15) is 15.5 Å². The van der Waals surface area contributed by atoms with Gasteiger partial charge in [-0.25, -0.2) is 0 Å². The van der Waals surface area contributed by atoms with E-state index in [2.05, 4.69) is 29.3 Å². The second-order valence-corrected chi connectivity index (χ2v) is 7.52. The van der Waals surface area contributed by atoms with Crippen molar-refractivity contribution in [1.82, 2.24) is 0 Å². The molecule has 2 aliphatic carbocycles. The number of aliphatic imine (C=N–C) groups is 1. The van der Waals surface area contributed by atoms with E-state index in [1.165, 1.54) is 5.56 Å². The van der Waals surface area contributed by atoms with Crippen molar-refractivity contribution in [3.05, 3.63) is 59.2 Å². The van der Waals surface area contributed by atoms with Gasteiger partial charge in [0, 0.05) is 18.1 Å². The first kappa shape index (κ1) is 17.5. The summed E-state index contributed by atoms with van der Waals surface area (Å²) >= 11 is 0. The second-order valence-electron chi connectivity index (χ2n) is 7.52. The Balaban J connectivity index is 1.74. The van der Waals surface area contributed by atoms with E-state index in [1.807, 2.05) is 30.5 Å². The molecule has 0 atom stereocenters. The molecule has 4 heteroatoms.